The first-order chi connectivity index (χ1) is 14.3. The van der Waals surface area contributed by atoms with Gasteiger partial charge in [0.2, 0.25) is 0 Å². The van der Waals surface area contributed by atoms with Crippen LogP contribution in [0.15, 0.2) is 60.4 Å². The van der Waals surface area contributed by atoms with E-state index < -0.39 is 0 Å². The summed E-state index contributed by atoms with van der Waals surface area (Å²) >= 11 is 0. The van der Waals surface area contributed by atoms with E-state index in [9.17, 15) is 0 Å². The van der Waals surface area contributed by atoms with Crippen molar-refractivity contribution in [3.05, 3.63) is 106 Å². The van der Waals surface area contributed by atoms with Gasteiger partial charge in [0.25, 0.3) is 0 Å². The molecule has 0 amide bonds. The maximum atomic E-state index is 3.65. The van der Waals surface area contributed by atoms with Crippen LogP contribution < -0.4 is 9.80 Å². The SMILES string of the molecule is Cc1cc(C)c(N2[C]CN(c3c(C)cc(C)cc3C)C2=Cc2ccccc2)c(C)c1. The summed E-state index contributed by atoms with van der Waals surface area (Å²) in [7, 11) is 0. The Morgan fingerprint density at radius 3 is 1.73 bits per heavy atom. The molecule has 3 aromatic carbocycles. The van der Waals surface area contributed by atoms with Crippen molar-refractivity contribution in [2.45, 2.75) is 41.5 Å². The number of anilines is 2. The molecule has 1 fully saturated rings. The standard InChI is InChI=1S/C28H30N2/c1-19-14-21(3)27(22(4)15-19)29-12-13-30(26(29)18-25-10-8-7-9-11-25)28-23(5)16-20(2)17-24(28)6/h7-11,14-18H,12H2,1-6H3. The molecule has 30 heavy (non-hydrogen) atoms. The number of benzene rings is 3. The van der Waals surface area contributed by atoms with Crippen molar-refractivity contribution in [3.63, 3.8) is 0 Å². The summed E-state index contributed by atoms with van der Waals surface area (Å²) in [5.41, 5.74) is 11.4. The minimum Gasteiger partial charge on any atom is -0.325 e. The molecule has 4 rings (SSSR count). The molecule has 2 heteroatoms. The smallest absolute Gasteiger partial charge is 0.120 e. The molecule has 0 unspecified atom stereocenters. The average Bonchev–Trinajstić information content (AvgIpc) is 3.04. The molecule has 2 radical (unpaired) electrons. The van der Waals surface area contributed by atoms with E-state index in [1.165, 1.54) is 50.3 Å². The summed E-state index contributed by atoms with van der Waals surface area (Å²) < 4.78 is 0. The van der Waals surface area contributed by atoms with Crippen molar-refractivity contribution in [2.24, 2.45) is 0 Å². The van der Waals surface area contributed by atoms with Crippen LogP contribution in [-0.4, -0.2) is 6.54 Å². The van der Waals surface area contributed by atoms with Gasteiger partial charge in [-0.2, -0.15) is 0 Å². The molecule has 0 bridgehead atoms. The topological polar surface area (TPSA) is 6.48 Å². The first kappa shape index (κ1) is 20.3. The van der Waals surface area contributed by atoms with E-state index in [1.807, 2.05) is 0 Å². The highest BCUT2D eigenvalue weighted by molar-refractivity contribution is 5.78. The highest BCUT2D eigenvalue weighted by Crippen LogP contribution is 2.40. The molecule has 0 saturated carbocycles. The van der Waals surface area contributed by atoms with Crippen molar-refractivity contribution < 1.29 is 0 Å². The first-order valence-electron chi connectivity index (χ1n) is 10.6. The molecule has 0 aliphatic carbocycles. The highest BCUT2D eigenvalue weighted by atomic mass is 15.4. The highest BCUT2D eigenvalue weighted by Gasteiger charge is 2.31. The molecule has 0 spiro atoms. The Morgan fingerprint density at radius 2 is 1.20 bits per heavy atom. The average molecular weight is 395 g/mol. The summed E-state index contributed by atoms with van der Waals surface area (Å²) in [6.07, 6.45) is 2.28. The molecular weight excluding hydrogens is 364 g/mol. The Morgan fingerprint density at radius 1 is 0.700 bits per heavy atom. The van der Waals surface area contributed by atoms with Gasteiger partial charge in [-0.1, -0.05) is 65.7 Å². The third kappa shape index (κ3) is 3.75. The first-order valence-corrected chi connectivity index (χ1v) is 10.6. The summed E-state index contributed by atoms with van der Waals surface area (Å²) in [5.74, 6) is 1.14. The molecule has 1 heterocycles. The summed E-state index contributed by atoms with van der Waals surface area (Å²) in [5, 5.41) is 0. The van der Waals surface area contributed by atoms with Gasteiger partial charge in [0, 0.05) is 11.4 Å². The Balaban J connectivity index is 1.89. The second kappa shape index (κ2) is 8.02. The van der Waals surface area contributed by atoms with Gasteiger partial charge < -0.3 is 9.80 Å². The minimum atomic E-state index is 0.732. The van der Waals surface area contributed by atoms with E-state index in [2.05, 4.69) is 119 Å². The molecule has 1 aliphatic heterocycles. The number of hydrogen-bond donors (Lipinski definition) is 0. The van der Waals surface area contributed by atoms with Crippen molar-refractivity contribution >= 4 is 17.5 Å². The Hall–Kier alpha value is -3.00. The fourth-order valence-electron chi connectivity index (χ4n) is 4.78. The summed E-state index contributed by atoms with van der Waals surface area (Å²) in [6, 6.07) is 19.6. The number of nitrogens with zero attached hydrogens (tertiary/aromatic N) is 2. The van der Waals surface area contributed by atoms with Crippen molar-refractivity contribution in [2.75, 3.05) is 16.3 Å². The van der Waals surface area contributed by atoms with Gasteiger partial charge in [0.15, 0.2) is 0 Å². The predicted octanol–water partition coefficient (Wildman–Crippen LogP) is 6.90. The van der Waals surface area contributed by atoms with Crippen LogP contribution in [0.5, 0.6) is 0 Å². The van der Waals surface area contributed by atoms with Crippen LogP contribution in [0.25, 0.3) is 6.08 Å². The van der Waals surface area contributed by atoms with Gasteiger partial charge >= 0.3 is 0 Å². The monoisotopic (exact) mass is 394 g/mol. The van der Waals surface area contributed by atoms with Crippen LogP contribution in [0.4, 0.5) is 11.4 Å². The van der Waals surface area contributed by atoms with Gasteiger partial charge in [-0.05, 0) is 75.4 Å². The van der Waals surface area contributed by atoms with Crippen molar-refractivity contribution in [1.29, 1.82) is 0 Å². The zero-order chi connectivity index (χ0) is 21.4. The van der Waals surface area contributed by atoms with Crippen LogP contribution in [0, 0.1) is 48.1 Å². The third-order valence-electron chi connectivity index (χ3n) is 5.75. The fraction of sp³-hybridized carbons (Fsp3) is 0.250. The van der Waals surface area contributed by atoms with Gasteiger partial charge in [-0.25, -0.2) is 0 Å². The third-order valence-corrected chi connectivity index (χ3v) is 5.75. The lowest BCUT2D eigenvalue weighted by molar-refractivity contribution is 1.05. The van der Waals surface area contributed by atoms with Crippen LogP contribution in [-0.2, 0) is 0 Å². The van der Waals surface area contributed by atoms with Crippen molar-refractivity contribution in [3.8, 4) is 0 Å². The lowest BCUT2D eigenvalue weighted by Gasteiger charge is -2.29. The van der Waals surface area contributed by atoms with Gasteiger partial charge in [-0.15, -0.1) is 0 Å². The maximum absolute atomic E-state index is 3.65. The van der Waals surface area contributed by atoms with E-state index in [0.29, 0.717) is 0 Å². The zero-order valence-electron chi connectivity index (χ0n) is 18.9. The molecule has 1 aliphatic rings. The molecule has 152 valence electrons. The van der Waals surface area contributed by atoms with Crippen LogP contribution in [0.3, 0.4) is 0 Å². The molecule has 0 aromatic heterocycles. The van der Waals surface area contributed by atoms with Crippen molar-refractivity contribution in [1.82, 2.24) is 0 Å². The normalized spacial score (nSPS) is 15.3. The van der Waals surface area contributed by atoms with E-state index in [1.54, 1.807) is 0 Å². The van der Waals surface area contributed by atoms with Crippen LogP contribution >= 0.6 is 0 Å². The van der Waals surface area contributed by atoms with E-state index >= 15 is 0 Å². The zero-order valence-corrected chi connectivity index (χ0v) is 18.9. The van der Waals surface area contributed by atoms with E-state index in [-0.39, 0.29) is 0 Å². The van der Waals surface area contributed by atoms with E-state index in [4.69, 9.17) is 0 Å². The number of hydrogen-bond acceptors (Lipinski definition) is 2. The Kier molecular flexibility index (Phi) is 5.42. The summed E-state index contributed by atoms with van der Waals surface area (Å²) in [4.78, 5) is 4.66. The fourth-order valence-corrected chi connectivity index (χ4v) is 4.78. The Bertz CT molecular complexity index is 995. The molecule has 0 atom stereocenters. The number of rotatable bonds is 3. The van der Waals surface area contributed by atoms with Crippen LogP contribution in [0.1, 0.15) is 38.9 Å². The maximum Gasteiger partial charge on any atom is 0.120 e. The predicted molar refractivity (Wildman–Crippen MR) is 129 cm³/mol. The quantitative estimate of drug-likeness (QED) is 0.477. The minimum absolute atomic E-state index is 0.732. The molecule has 2 nitrogen and oxygen atoms in total. The summed E-state index contributed by atoms with van der Waals surface area (Å²) in [6.45, 7) is 17.5. The lowest BCUT2D eigenvalue weighted by atomic mass is 10.0. The van der Waals surface area contributed by atoms with Crippen LogP contribution in [0.2, 0.25) is 0 Å². The Labute approximate surface area is 181 Å². The molecule has 3 aromatic rings. The van der Waals surface area contributed by atoms with Gasteiger partial charge in [0.1, 0.15) is 12.4 Å². The second-order valence-electron chi connectivity index (χ2n) is 8.49. The van der Waals surface area contributed by atoms with Gasteiger partial charge in [-0.3, -0.25) is 0 Å². The van der Waals surface area contributed by atoms with Gasteiger partial charge in [0.05, 0.1) is 6.54 Å². The molecule has 0 N–H and O–H groups in total. The largest absolute Gasteiger partial charge is 0.325 e. The number of aryl methyl sites for hydroxylation is 6. The second-order valence-corrected chi connectivity index (χ2v) is 8.49. The van der Waals surface area contributed by atoms with E-state index in [0.717, 1.165) is 12.4 Å². The molecular formula is C28H30N2. The molecule has 1 saturated heterocycles. The lowest BCUT2D eigenvalue weighted by Crippen LogP contribution is -2.24.